The molecule has 3 aliphatic carbocycles. The van der Waals surface area contributed by atoms with Gasteiger partial charge in [-0.2, -0.15) is 0 Å². The van der Waals surface area contributed by atoms with Crippen LogP contribution in [0.3, 0.4) is 0 Å². The van der Waals surface area contributed by atoms with Crippen LogP contribution in [0.2, 0.25) is 0 Å². The Hall–Kier alpha value is -1.38. The molecule has 3 aliphatic rings. The number of phenolic OH excluding ortho intramolecular Hbond substituents is 3. The highest BCUT2D eigenvalue weighted by molar-refractivity contribution is 5.59. The molecule has 0 radical (unpaired) electrons. The summed E-state index contributed by atoms with van der Waals surface area (Å²) in [6.45, 7) is 2.45. The number of rotatable bonds is 0. The van der Waals surface area contributed by atoms with E-state index in [4.69, 9.17) is 0 Å². The van der Waals surface area contributed by atoms with E-state index in [-0.39, 0.29) is 17.2 Å². The molecule has 3 nitrogen and oxygen atoms in total. The minimum Gasteiger partial charge on any atom is -0.504 e. The number of fused-ring (bicyclic) bond motifs is 5. The first kappa shape index (κ1) is 13.3. The van der Waals surface area contributed by atoms with Gasteiger partial charge < -0.3 is 15.3 Å². The molecular formula is C18H24O3. The molecule has 0 aliphatic heterocycles. The molecule has 4 atom stereocenters. The summed E-state index contributed by atoms with van der Waals surface area (Å²) in [6, 6.07) is 1.66. The SMILES string of the molecule is C[C@@]12CCC[C@H]1[C@@H]1CCc3cc(O)c(O)c(O)c3[C@H]1CC2. The second kappa shape index (κ2) is 4.31. The molecule has 114 valence electrons. The van der Waals surface area contributed by atoms with E-state index >= 15 is 0 Å². The van der Waals surface area contributed by atoms with Crippen LogP contribution in [0.1, 0.15) is 62.5 Å². The summed E-state index contributed by atoms with van der Waals surface area (Å²) in [5.41, 5.74) is 2.45. The van der Waals surface area contributed by atoms with Crippen LogP contribution in [-0.2, 0) is 6.42 Å². The van der Waals surface area contributed by atoms with Crippen molar-refractivity contribution in [1.29, 1.82) is 0 Å². The molecule has 0 heterocycles. The normalized spacial score (nSPS) is 37.7. The minimum absolute atomic E-state index is 0.0682. The predicted molar refractivity (Wildman–Crippen MR) is 80.7 cm³/mol. The molecule has 2 saturated carbocycles. The first-order valence-electron chi connectivity index (χ1n) is 8.28. The molecule has 21 heavy (non-hydrogen) atoms. The summed E-state index contributed by atoms with van der Waals surface area (Å²) >= 11 is 0. The van der Waals surface area contributed by atoms with Crippen molar-refractivity contribution >= 4 is 0 Å². The van der Waals surface area contributed by atoms with Gasteiger partial charge in [0.1, 0.15) is 0 Å². The van der Waals surface area contributed by atoms with E-state index in [0.29, 0.717) is 17.3 Å². The van der Waals surface area contributed by atoms with E-state index < -0.39 is 0 Å². The highest BCUT2D eigenvalue weighted by Gasteiger charge is 2.51. The molecule has 1 aromatic rings. The summed E-state index contributed by atoms with van der Waals surface area (Å²) in [5.74, 6) is 1.16. The van der Waals surface area contributed by atoms with Crippen LogP contribution in [0.4, 0.5) is 0 Å². The van der Waals surface area contributed by atoms with Crippen LogP contribution in [0.5, 0.6) is 17.2 Å². The molecule has 0 aromatic heterocycles. The Morgan fingerprint density at radius 3 is 2.67 bits per heavy atom. The Labute approximate surface area is 125 Å². The third-order valence-electron chi connectivity index (χ3n) is 6.72. The van der Waals surface area contributed by atoms with Gasteiger partial charge in [-0.1, -0.05) is 13.3 Å². The van der Waals surface area contributed by atoms with Crippen LogP contribution in [0, 0.1) is 17.3 Å². The van der Waals surface area contributed by atoms with E-state index in [2.05, 4.69) is 6.92 Å². The number of benzene rings is 1. The van der Waals surface area contributed by atoms with Crippen molar-refractivity contribution < 1.29 is 15.3 Å². The largest absolute Gasteiger partial charge is 0.504 e. The second-order valence-corrected chi connectivity index (χ2v) is 7.67. The second-order valence-electron chi connectivity index (χ2n) is 7.67. The van der Waals surface area contributed by atoms with Crippen LogP contribution in [0.25, 0.3) is 0 Å². The molecular weight excluding hydrogens is 264 g/mol. The Kier molecular flexibility index (Phi) is 2.73. The summed E-state index contributed by atoms with van der Waals surface area (Å²) in [5, 5.41) is 30.0. The summed E-state index contributed by atoms with van der Waals surface area (Å²) < 4.78 is 0. The fourth-order valence-electron chi connectivity index (χ4n) is 5.70. The van der Waals surface area contributed by atoms with Crippen molar-refractivity contribution in [3.63, 3.8) is 0 Å². The highest BCUT2D eigenvalue weighted by Crippen LogP contribution is 2.62. The number of phenols is 3. The van der Waals surface area contributed by atoms with Crippen molar-refractivity contribution in [1.82, 2.24) is 0 Å². The van der Waals surface area contributed by atoms with Gasteiger partial charge in [0.2, 0.25) is 5.75 Å². The number of aryl methyl sites for hydroxylation is 1. The van der Waals surface area contributed by atoms with E-state index in [1.807, 2.05) is 0 Å². The van der Waals surface area contributed by atoms with Gasteiger partial charge in [-0.05, 0) is 73.3 Å². The molecule has 4 rings (SSSR count). The smallest absolute Gasteiger partial charge is 0.200 e. The molecule has 0 amide bonds. The van der Waals surface area contributed by atoms with Crippen molar-refractivity contribution in [3.05, 3.63) is 17.2 Å². The molecule has 0 bridgehead atoms. The van der Waals surface area contributed by atoms with E-state index in [0.717, 1.165) is 36.3 Å². The molecule has 0 saturated heterocycles. The Bertz CT molecular complexity index is 595. The third kappa shape index (κ3) is 1.72. The first-order valence-corrected chi connectivity index (χ1v) is 8.28. The maximum absolute atomic E-state index is 10.4. The van der Waals surface area contributed by atoms with Gasteiger partial charge in [0, 0.05) is 5.56 Å². The van der Waals surface area contributed by atoms with Crippen molar-refractivity contribution in [2.75, 3.05) is 0 Å². The van der Waals surface area contributed by atoms with E-state index in [1.165, 1.54) is 25.7 Å². The Morgan fingerprint density at radius 2 is 1.86 bits per heavy atom. The zero-order chi connectivity index (χ0) is 14.8. The molecule has 0 spiro atoms. The van der Waals surface area contributed by atoms with Crippen LogP contribution < -0.4 is 0 Å². The maximum Gasteiger partial charge on any atom is 0.200 e. The Balaban J connectivity index is 1.79. The standard InChI is InChI=1S/C18H24O3/c1-18-7-2-3-13(18)11-5-4-10-9-14(19)16(20)17(21)15(10)12(11)6-8-18/h9,11-13,19-21H,2-8H2,1H3/t11-,12+,13+,18+/m1/s1. The van der Waals surface area contributed by atoms with Crippen molar-refractivity contribution in [2.24, 2.45) is 17.3 Å². The lowest BCUT2D eigenvalue weighted by atomic mass is 9.56. The summed E-state index contributed by atoms with van der Waals surface area (Å²) in [4.78, 5) is 0. The minimum atomic E-state index is -0.339. The monoisotopic (exact) mass is 288 g/mol. The van der Waals surface area contributed by atoms with E-state index in [1.54, 1.807) is 6.07 Å². The van der Waals surface area contributed by atoms with Gasteiger partial charge in [-0.3, -0.25) is 0 Å². The van der Waals surface area contributed by atoms with Gasteiger partial charge in [0.25, 0.3) is 0 Å². The first-order chi connectivity index (χ1) is 10.0. The van der Waals surface area contributed by atoms with Gasteiger partial charge >= 0.3 is 0 Å². The van der Waals surface area contributed by atoms with Crippen LogP contribution in [-0.4, -0.2) is 15.3 Å². The zero-order valence-corrected chi connectivity index (χ0v) is 12.6. The maximum atomic E-state index is 10.4. The van der Waals surface area contributed by atoms with Crippen LogP contribution in [0.15, 0.2) is 6.07 Å². The zero-order valence-electron chi connectivity index (χ0n) is 12.6. The van der Waals surface area contributed by atoms with Crippen molar-refractivity contribution in [2.45, 2.75) is 57.8 Å². The number of aromatic hydroxyl groups is 3. The average molecular weight is 288 g/mol. The van der Waals surface area contributed by atoms with Crippen molar-refractivity contribution in [3.8, 4) is 17.2 Å². The molecule has 1 aromatic carbocycles. The van der Waals surface area contributed by atoms with Gasteiger partial charge in [-0.15, -0.1) is 0 Å². The van der Waals surface area contributed by atoms with Gasteiger partial charge in [-0.25, -0.2) is 0 Å². The van der Waals surface area contributed by atoms with Gasteiger partial charge in [0.05, 0.1) is 0 Å². The fraction of sp³-hybridized carbons (Fsp3) is 0.667. The molecule has 3 heteroatoms. The van der Waals surface area contributed by atoms with E-state index in [9.17, 15) is 15.3 Å². The summed E-state index contributed by atoms with van der Waals surface area (Å²) in [7, 11) is 0. The number of hydrogen-bond acceptors (Lipinski definition) is 3. The molecule has 3 N–H and O–H groups in total. The predicted octanol–water partition coefficient (Wildman–Crippen LogP) is 4.05. The third-order valence-corrected chi connectivity index (χ3v) is 6.72. The lowest BCUT2D eigenvalue weighted by Crippen LogP contribution is -2.39. The molecule has 0 unspecified atom stereocenters. The lowest BCUT2D eigenvalue weighted by Gasteiger charge is -2.49. The quantitative estimate of drug-likeness (QED) is 0.631. The average Bonchev–Trinajstić information content (AvgIpc) is 2.86. The summed E-state index contributed by atoms with van der Waals surface area (Å²) in [6.07, 6.45) is 8.39. The Morgan fingerprint density at radius 1 is 1.05 bits per heavy atom. The number of hydrogen-bond donors (Lipinski definition) is 3. The highest BCUT2D eigenvalue weighted by atomic mass is 16.3. The fourth-order valence-corrected chi connectivity index (χ4v) is 5.70. The van der Waals surface area contributed by atoms with Crippen LogP contribution >= 0.6 is 0 Å². The topological polar surface area (TPSA) is 60.7 Å². The lowest BCUT2D eigenvalue weighted by molar-refractivity contribution is 0.0587. The van der Waals surface area contributed by atoms with Gasteiger partial charge in [0.15, 0.2) is 11.5 Å². The molecule has 2 fully saturated rings.